The number of nitrogens with one attached hydrogen (secondary N) is 1. The summed E-state index contributed by atoms with van der Waals surface area (Å²) in [6, 6.07) is 14.1. The van der Waals surface area contributed by atoms with Gasteiger partial charge in [0.15, 0.2) is 0 Å². The average Bonchev–Trinajstić information content (AvgIpc) is 2.40. The predicted molar refractivity (Wildman–Crippen MR) is 90.7 cm³/mol. The van der Waals surface area contributed by atoms with Crippen molar-refractivity contribution >= 4 is 39.1 Å². The molecule has 0 aromatic heterocycles. The predicted octanol–water partition coefficient (Wildman–Crippen LogP) is 5.84. The van der Waals surface area contributed by atoms with Crippen molar-refractivity contribution < 1.29 is 0 Å². The summed E-state index contributed by atoms with van der Waals surface area (Å²) in [6.45, 7) is 3.08. The standard InChI is InChI=1S/C16H16BrCl2N/c1-2-7-20-16(11-3-5-13(17)6-4-11)12-8-14(18)10-15(19)9-12/h3-6,8-10,16,20H,2,7H2,1H3. The van der Waals surface area contributed by atoms with Gasteiger partial charge in [-0.2, -0.15) is 0 Å². The lowest BCUT2D eigenvalue weighted by Gasteiger charge is -2.20. The van der Waals surface area contributed by atoms with Crippen LogP contribution in [0.1, 0.15) is 30.5 Å². The fourth-order valence-corrected chi connectivity index (χ4v) is 2.92. The molecule has 0 aliphatic rings. The van der Waals surface area contributed by atoms with E-state index in [4.69, 9.17) is 23.2 Å². The van der Waals surface area contributed by atoms with Crippen molar-refractivity contribution in [1.29, 1.82) is 0 Å². The van der Waals surface area contributed by atoms with E-state index in [1.54, 1.807) is 6.07 Å². The van der Waals surface area contributed by atoms with E-state index in [1.807, 2.05) is 24.3 Å². The van der Waals surface area contributed by atoms with Crippen LogP contribution in [-0.4, -0.2) is 6.54 Å². The van der Waals surface area contributed by atoms with Gasteiger partial charge in [0.2, 0.25) is 0 Å². The highest BCUT2D eigenvalue weighted by Crippen LogP contribution is 2.28. The minimum atomic E-state index is 0.0965. The minimum absolute atomic E-state index is 0.0965. The molecule has 106 valence electrons. The Bertz CT molecular complexity index is 549. The third kappa shape index (κ3) is 4.23. The quantitative estimate of drug-likeness (QED) is 0.694. The van der Waals surface area contributed by atoms with Gasteiger partial charge < -0.3 is 5.32 Å². The molecular formula is C16H16BrCl2N. The van der Waals surface area contributed by atoms with Crippen molar-refractivity contribution in [3.8, 4) is 0 Å². The van der Waals surface area contributed by atoms with Crippen molar-refractivity contribution in [2.45, 2.75) is 19.4 Å². The fourth-order valence-electron chi connectivity index (χ4n) is 2.11. The summed E-state index contributed by atoms with van der Waals surface area (Å²) >= 11 is 15.7. The van der Waals surface area contributed by atoms with E-state index in [0.29, 0.717) is 10.0 Å². The Morgan fingerprint density at radius 3 is 2.15 bits per heavy atom. The lowest BCUT2D eigenvalue weighted by Crippen LogP contribution is -2.23. The minimum Gasteiger partial charge on any atom is -0.306 e. The molecule has 1 N–H and O–H groups in total. The fraction of sp³-hybridized carbons (Fsp3) is 0.250. The van der Waals surface area contributed by atoms with Crippen molar-refractivity contribution in [2.24, 2.45) is 0 Å². The van der Waals surface area contributed by atoms with E-state index in [0.717, 1.165) is 23.0 Å². The third-order valence-corrected chi connectivity index (χ3v) is 3.99. The summed E-state index contributed by atoms with van der Waals surface area (Å²) < 4.78 is 1.07. The molecule has 2 aromatic carbocycles. The average molecular weight is 373 g/mol. The number of hydrogen-bond acceptors (Lipinski definition) is 1. The lowest BCUT2D eigenvalue weighted by atomic mass is 9.98. The number of hydrogen-bond donors (Lipinski definition) is 1. The van der Waals surface area contributed by atoms with Gasteiger partial charge in [-0.05, 0) is 54.4 Å². The number of benzene rings is 2. The normalized spacial score (nSPS) is 12.4. The van der Waals surface area contributed by atoms with Crippen LogP contribution in [0.25, 0.3) is 0 Å². The van der Waals surface area contributed by atoms with Crippen LogP contribution in [0.3, 0.4) is 0 Å². The van der Waals surface area contributed by atoms with Crippen molar-refractivity contribution in [1.82, 2.24) is 5.32 Å². The molecule has 0 saturated carbocycles. The molecule has 0 aliphatic carbocycles. The molecule has 20 heavy (non-hydrogen) atoms. The number of halogens is 3. The molecule has 0 amide bonds. The van der Waals surface area contributed by atoms with Crippen LogP contribution in [-0.2, 0) is 0 Å². The molecule has 0 heterocycles. The highest BCUT2D eigenvalue weighted by molar-refractivity contribution is 9.10. The zero-order valence-corrected chi connectivity index (χ0v) is 14.3. The Morgan fingerprint density at radius 1 is 1.00 bits per heavy atom. The Morgan fingerprint density at radius 2 is 1.60 bits per heavy atom. The van der Waals surface area contributed by atoms with E-state index in [9.17, 15) is 0 Å². The highest BCUT2D eigenvalue weighted by Gasteiger charge is 2.14. The Hall–Kier alpha value is -0.540. The second-order valence-corrected chi connectivity index (χ2v) is 6.43. The van der Waals surface area contributed by atoms with Crippen molar-refractivity contribution in [2.75, 3.05) is 6.54 Å². The highest BCUT2D eigenvalue weighted by atomic mass is 79.9. The molecule has 0 radical (unpaired) electrons. The van der Waals surface area contributed by atoms with Crippen LogP contribution in [0.15, 0.2) is 46.9 Å². The molecule has 4 heteroatoms. The Kier molecular flexibility index (Phi) is 5.91. The van der Waals surface area contributed by atoms with E-state index in [-0.39, 0.29) is 6.04 Å². The van der Waals surface area contributed by atoms with E-state index in [2.05, 4.69) is 40.3 Å². The summed E-state index contributed by atoms with van der Waals surface area (Å²) in [5.41, 5.74) is 2.28. The summed E-state index contributed by atoms with van der Waals surface area (Å²) in [4.78, 5) is 0. The lowest BCUT2D eigenvalue weighted by molar-refractivity contribution is 0.598. The maximum Gasteiger partial charge on any atom is 0.0577 e. The van der Waals surface area contributed by atoms with Crippen LogP contribution >= 0.6 is 39.1 Å². The molecule has 0 spiro atoms. The molecule has 1 nitrogen and oxygen atoms in total. The smallest absolute Gasteiger partial charge is 0.0577 e. The second-order valence-electron chi connectivity index (χ2n) is 4.64. The SMILES string of the molecule is CCCNC(c1ccc(Br)cc1)c1cc(Cl)cc(Cl)c1. The Labute approximate surface area is 138 Å². The van der Waals surface area contributed by atoms with Gasteiger partial charge >= 0.3 is 0 Å². The van der Waals surface area contributed by atoms with Gasteiger partial charge in [-0.15, -0.1) is 0 Å². The maximum absolute atomic E-state index is 6.12. The largest absolute Gasteiger partial charge is 0.306 e. The molecule has 2 rings (SSSR count). The van der Waals surface area contributed by atoms with Gasteiger partial charge in [-0.1, -0.05) is 58.2 Å². The van der Waals surface area contributed by atoms with Crippen LogP contribution in [0, 0.1) is 0 Å². The summed E-state index contributed by atoms with van der Waals surface area (Å²) in [5, 5.41) is 4.86. The molecule has 1 atom stereocenters. The second kappa shape index (κ2) is 7.46. The maximum atomic E-state index is 6.12. The van der Waals surface area contributed by atoms with Crippen LogP contribution in [0.2, 0.25) is 10.0 Å². The van der Waals surface area contributed by atoms with Gasteiger partial charge in [-0.25, -0.2) is 0 Å². The van der Waals surface area contributed by atoms with E-state index in [1.165, 1.54) is 5.56 Å². The van der Waals surface area contributed by atoms with Gasteiger partial charge in [0.05, 0.1) is 6.04 Å². The molecular weight excluding hydrogens is 357 g/mol. The van der Waals surface area contributed by atoms with Gasteiger partial charge in [0, 0.05) is 14.5 Å². The monoisotopic (exact) mass is 371 g/mol. The molecule has 0 bridgehead atoms. The first-order valence-electron chi connectivity index (χ1n) is 6.55. The first-order valence-corrected chi connectivity index (χ1v) is 8.10. The molecule has 0 aliphatic heterocycles. The van der Waals surface area contributed by atoms with Crippen molar-refractivity contribution in [3.05, 3.63) is 68.1 Å². The molecule has 0 fully saturated rings. The van der Waals surface area contributed by atoms with Gasteiger partial charge in [0.25, 0.3) is 0 Å². The zero-order chi connectivity index (χ0) is 14.5. The van der Waals surface area contributed by atoms with Gasteiger partial charge in [-0.3, -0.25) is 0 Å². The van der Waals surface area contributed by atoms with Crippen LogP contribution in [0.4, 0.5) is 0 Å². The first-order chi connectivity index (χ1) is 9.60. The molecule has 1 unspecified atom stereocenters. The summed E-state index contributed by atoms with van der Waals surface area (Å²) in [7, 11) is 0. The zero-order valence-electron chi connectivity index (χ0n) is 11.2. The van der Waals surface area contributed by atoms with E-state index < -0.39 is 0 Å². The summed E-state index contributed by atoms with van der Waals surface area (Å²) in [5.74, 6) is 0. The summed E-state index contributed by atoms with van der Waals surface area (Å²) in [6.07, 6.45) is 1.07. The first kappa shape index (κ1) is 15.8. The third-order valence-electron chi connectivity index (χ3n) is 3.02. The van der Waals surface area contributed by atoms with Crippen LogP contribution < -0.4 is 5.32 Å². The van der Waals surface area contributed by atoms with Crippen molar-refractivity contribution in [3.63, 3.8) is 0 Å². The van der Waals surface area contributed by atoms with E-state index >= 15 is 0 Å². The van der Waals surface area contributed by atoms with Gasteiger partial charge in [0.1, 0.15) is 0 Å². The Balaban J connectivity index is 2.38. The number of rotatable bonds is 5. The molecule has 0 saturated heterocycles. The topological polar surface area (TPSA) is 12.0 Å². The van der Waals surface area contributed by atoms with Crippen LogP contribution in [0.5, 0.6) is 0 Å². The molecule has 2 aromatic rings.